The average molecular weight is 280 g/mol. The Balaban J connectivity index is 1.45. The van der Waals surface area contributed by atoms with Crippen molar-refractivity contribution >= 4 is 28.8 Å². The Morgan fingerprint density at radius 1 is 1.37 bits per heavy atom. The largest absolute Gasteiger partial charge is 0.354 e. The van der Waals surface area contributed by atoms with Crippen LogP contribution in [-0.4, -0.2) is 40.8 Å². The Bertz CT molecular complexity index is 447. The minimum atomic E-state index is -0.206. The van der Waals surface area contributed by atoms with Gasteiger partial charge in [-0.3, -0.25) is 19.3 Å². The molecule has 102 valence electrons. The maximum Gasteiger partial charge on any atom is 0.288 e. The molecular formula is C13H16N2O3S. The quantitative estimate of drug-likeness (QED) is 0.781. The van der Waals surface area contributed by atoms with Crippen molar-refractivity contribution in [3.8, 4) is 0 Å². The van der Waals surface area contributed by atoms with Crippen LogP contribution in [-0.2, 0) is 9.59 Å². The highest BCUT2D eigenvalue weighted by atomic mass is 32.2. The number of amides is 3. The molecule has 1 heterocycles. The molecule has 3 atom stereocenters. The van der Waals surface area contributed by atoms with E-state index in [0.29, 0.717) is 18.4 Å². The fourth-order valence-electron chi connectivity index (χ4n) is 3.10. The van der Waals surface area contributed by atoms with Gasteiger partial charge < -0.3 is 5.32 Å². The summed E-state index contributed by atoms with van der Waals surface area (Å²) in [6.45, 7) is 0.640. The Labute approximate surface area is 115 Å². The van der Waals surface area contributed by atoms with E-state index >= 15 is 0 Å². The Kier molecular flexibility index (Phi) is 3.35. The van der Waals surface area contributed by atoms with Gasteiger partial charge in [0, 0.05) is 19.0 Å². The van der Waals surface area contributed by atoms with Crippen LogP contribution in [0.25, 0.3) is 0 Å². The van der Waals surface area contributed by atoms with Crippen molar-refractivity contribution < 1.29 is 14.4 Å². The molecule has 0 aromatic heterocycles. The van der Waals surface area contributed by atoms with Crippen LogP contribution in [0.4, 0.5) is 4.79 Å². The van der Waals surface area contributed by atoms with E-state index in [1.165, 1.54) is 4.90 Å². The van der Waals surface area contributed by atoms with E-state index in [-0.39, 0.29) is 35.3 Å². The second-order valence-electron chi connectivity index (χ2n) is 5.28. The number of carbonyl (C=O) groups is 3. The number of thioether (sulfide) groups is 1. The van der Waals surface area contributed by atoms with Gasteiger partial charge in [-0.05, 0) is 24.7 Å². The third kappa shape index (κ3) is 2.41. The molecule has 0 spiro atoms. The van der Waals surface area contributed by atoms with Crippen LogP contribution < -0.4 is 5.32 Å². The number of rotatable bonds is 4. The number of nitrogens with one attached hydrogen (secondary N) is 1. The molecule has 0 aromatic carbocycles. The van der Waals surface area contributed by atoms with Crippen molar-refractivity contribution in [3.63, 3.8) is 0 Å². The van der Waals surface area contributed by atoms with Crippen molar-refractivity contribution in [1.82, 2.24) is 10.2 Å². The minimum Gasteiger partial charge on any atom is -0.354 e. The summed E-state index contributed by atoms with van der Waals surface area (Å²) in [7, 11) is 0. The molecule has 2 fully saturated rings. The number of nitrogens with zero attached hydrogens (tertiary/aromatic N) is 1. The molecule has 1 N–H and O–H groups in total. The van der Waals surface area contributed by atoms with Gasteiger partial charge in [-0.1, -0.05) is 23.9 Å². The molecule has 5 nitrogen and oxygen atoms in total. The van der Waals surface area contributed by atoms with Gasteiger partial charge in [0.25, 0.3) is 5.24 Å². The lowest BCUT2D eigenvalue weighted by Gasteiger charge is -2.19. The van der Waals surface area contributed by atoms with Gasteiger partial charge in [0.15, 0.2) is 0 Å². The van der Waals surface area contributed by atoms with Crippen LogP contribution >= 0.6 is 11.8 Å². The maximum absolute atomic E-state index is 12.0. The fourth-order valence-corrected chi connectivity index (χ4v) is 3.85. The van der Waals surface area contributed by atoms with E-state index in [1.807, 2.05) is 0 Å². The van der Waals surface area contributed by atoms with Crippen LogP contribution in [0.2, 0.25) is 0 Å². The van der Waals surface area contributed by atoms with Crippen LogP contribution in [0.1, 0.15) is 12.8 Å². The number of allylic oxidation sites excluding steroid dienone is 2. The van der Waals surface area contributed by atoms with Gasteiger partial charge in [-0.2, -0.15) is 0 Å². The van der Waals surface area contributed by atoms with E-state index in [1.54, 1.807) is 0 Å². The lowest BCUT2D eigenvalue weighted by molar-refractivity contribution is -0.127. The third-order valence-corrected chi connectivity index (χ3v) is 4.95. The molecule has 2 aliphatic carbocycles. The predicted molar refractivity (Wildman–Crippen MR) is 71.4 cm³/mol. The van der Waals surface area contributed by atoms with Gasteiger partial charge in [0.2, 0.25) is 11.8 Å². The molecular weight excluding hydrogens is 264 g/mol. The predicted octanol–water partition coefficient (Wildman–Crippen LogP) is 1.01. The number of hydrogen-bond acceptors (Lipinski definition) is 4. The second-order valence-corrected chi connectivity index (χ2v) is 6.20. The zero-order chi connectivity index (χ0) is 13.4. The summed E-state index contributed by atoms with van der Waals surface area (Å²) in [5, 5.41) is 2.64. The highest BCUT2D eigenvalue weighted by Gasteiger charge is 2.39. The average Bonchev–Trinajstić information content (AvgIpc) is 3.09. The minimum absolute atomic E-state index is 0.0589. The molecule has 3 aliphatic rings. The summed E-state index contributed by atoms with van der Waals surface area (Å²) in [6.07, 6.45) is 6.37. The molecule has 3 unspecified atom stereocenters. The van der Waals surface area contributed by atoms with Crippen molar-refractivity contribution in [2.45, 2.75) is 12.8 Å². The Morgan fingerprint density at radius 2 is 2.21 bits per heavy atom. The van der Waals surface area contributed by atoms with Gasteiger partial charge in [0.05, 0.1) is 5.75 Å². The van der Waals surface area contributed by atoms with Crippen LogP contribution in [0.3, 0.4) is 0 Å². The van der Waals surface area contributed by atoms with E-state index in [2.05, 4.69) is 17.5 Å². The molecule has 19 heavy (non-hydrogen) atoms. The first-order valence-corrected chi connectivity index (χ1v) is 7.57. The number of carbonyl (C=O) groups excluding carboxylic acids is 3. The summed E-state index contributed by atoms with van der Waals surface area (Å²) in [5.74, 6) is 1.16. The van der Waals surface area contributed by atoms with Crippen molar-refractivity contribution in [1.29, 1.82) is 0 Å². The molecule has 0 radical (unpaired) electrons. The standard InChI is InChI=1S/C13H16N2O3S/c16-11-7-19-13(18)15(11)4-3-14-12(17)10-6-8-1-2-9(10)5-8/h1-2,8-10H,3-7H2,(H,14,17). The molecule has 2 bridgehead atoms. The molecule has 1 aliphatic heterocycles. The molecule has 6 heteroatoms. The monoisotopic (exact) mass is 280 g/mol. The summed E-state index contributed by atoms with van der Waals surface area (Å²) >= 11 is 1.02. The zero-order valence-corrected chi connectivity index (χ0v) is 11.3. The Hall–Kier alpha value is -1.30. The zero-order valence-electron chi connectivity index (χ0n) is 10.5. The number of imide groups is 1. The van der Waals surface area contributed by atoms with Gasteiger partial charge in [-0.15, -0.1) is 0 Å². The molecule has 0 aromatic rings. The fraction of sp³-hybridized carbons (Fsp3) is 0.615. The van der Waals surface area contributed by atoms with Crippen molar-refractivity contribution in [2.75, 3.05) is 18.8 Å². The van der Waals surface area contributed by atoms with Crippen molar-refractivity contribution in [3.05, 3.63) is 12.2 Å². The van der Waals surface area contributed by atoms with Crippen LogP contribution in [0.5, 0.6) is 0 Å². The first-order valence-electron chi connectivity index (χ1n) is 6.58. The highest BCUT2D eigenvalue weighted by Crippen LogP contribution is 2.43. The Morgan fingerprint density at radius 3 is 2.79 bits per heavy atom. The van der Waals surface area contributed by atoms with Crippen LogP contribution in [0, 0.1) is 17.8 Å². The SMILES string of the molecule is O=C(NCCN1C(=O)CSC1=O)C1CC2C=CC1C2. The molecule has 3 amide bonds. The molecule has 3 rings (SSSR count). The first kappa shape index (κ1) is 12.7. The number of hydrogen-bond donors (Lipinski definition) is 1. The maximum atomic E-state index is 12.0. The van der Waals surface area contributed by atoms with E-state index in [0.717, 1.165) is 24.6 Å². The van der Waals surface area contributed by atoms with Crippen molar-refractivity contribution in [2.24, 2.45) is 17.8 Å². The smallest absolute Gasteiger partial charge is 0.288 e. The van der Waals surface area contributed by atoms with E-state index in [4.69, 9.17) is 0 Å². The van der Waals surface area contributed by atoms with E-state index in [9.17, 15) is 14.4 Å². The third-order valence-electron chi connectivity index (χ3n) is 4.09. The van der Waals surface area contributed by atoms with Crippen LogP contribution in [0.15, 0.2) is 12.2 Å². The summed E-state index contributed by atoms with van der Waals surface area (Å²) < 4.78 is 0. The number of fused-ring (bicyclic) bond motifs is 2. The second kappa shape index (κ2) is 5.00. The summed E-state index contributed by atoms with van der Waals surface area (Å²) in [6, 6.07) is 0. The summed E-state index contributed by atoms with van der Waals surface area (Å²) in [5.41, 5.74) is 0. The molecule has 1 saturated heterocycles. The van der Waals surface area contributed by atoms with E-state index < -0.39 is 0 Å². The van der Waals surface area contributed by atoms with Gasteiger partial charge in [-0.25, -0.2) is 0 Å². The lowest BCUT2D eigenvalue weighted by Crippen LogP contribution is -2.40. The lowest BCUT2D eigenvalue weighted by atomic mass is 9.93. The molecule has 1 saturated carbocycles. The normalized spacial score (nSPS) is 32.4. The highest BCUT2D eigenvalue weighted by molar-refractivity contribution is 8.14. The first-order chi connectivity index (χ1) is 9.15. The summed E-state index contributed by atoms with van der Waals surface area (Å²) in [4.78, 5) is 36.0. The topological polar surface area (TPSA) is 66.5 Å². The van der Waals surface area contributed by atoms with Gasteiger partial charge >= 0.3 is 0 Å². The van der Waals surface area contributed by atoms with Gasteiger partial charge in [0.1, 0.15) is 0 Å².